The fourth-order valence-corrected chi connectivity index (χ4v) is 3.42. The highest BCUT2D eigenvalue weighted by molar-refractivity contribution is 5.58. The highest BCUT2D eigenvalue weighted by atomic mass is 16.5. The van der Waals surface area contributed by atoms with Gasteiger partial charge in [0.2, 0.25) is 0 Å². The van der Waals surface area contributed by atoms with Gasteiger partial charge in [-0.05, 0) is 81.9 Å². The zero-order valence-electron chi connectivity index (χ0n) is 15.0. The lowest BCUT2D eigenvalue weighted by atomic mass is 9.86. The van der Waals surface area contributed by atoms with Crippen LogP contribution in [0.4, 0.5) is 5.69 Å². The Morgan fingerprint density at radius 2 is 1.96 bits per heavy atom. The van der Waals surface area contributed by atoms with Crippen LogP contribution >= 0.6 is 0 Å². The summed E-state index contributed by atoms with van der Waals surface area (Å²) < 4.78 is 5.87. The second-order valence-electron chi connectivity index (χ2n) is 6.93. The third-order valence-corrected chi connectivity index (χ3v) is 4.71. The molecule has 23 heavy (non-hydrogen) atoms. The van der Waals surface area contributed by atoms with Crippen molar-refractivity contribution in [3.05, 3.63) is 23.3 Å². The van der Waals surface area contributed by atoms with Crippen molar-refractivity contribution in [2.75, 3.05) is 25.4 Å². The van der Waals surface area contributed by atoms with Gasteiger partial charge in [0.05, 0.1) is 11.8 Å². The third-order valence-electron chi connectivity index (χ3n) is 4.71. The molecule has 0 unspecified atom stereocenters. The van der Waals surface area contributed by atoms with Gasteiger partial charge in [0.15, 0.2) is 0 Å². The Morgan fingerprint density at radius 1 is 1.26 bits per heavy atom. The van der Waals surface area contributed by atoms with Gasteiger partial charge < -0.3 is 21.1 Å². The average molecular weight is 319 g/mol. The number of nitrogen functional groups attached to an aromatic ring is 1. The number of unbranched alkanes of at least 4 members (excludes halogenated alkanes) is 1. The number of piperidine rings is 1. The van der Waals surface area contributed by atoms with E-state index in [-0.39, 0.29) is 6.10 Å². The maximum absolute atomic E-state index is 6.13. The zero-order chi connectivity index (χ0) is 16.8. The van der Waals surface area contributed by atoms with E-state index in [9.17, 15) is 0 Å². The Kier molecular flexibility index (Phi) is 6.72. The minimum Gasteiger partial charge on any atom is -0.489 e. The molecule has 0 atom stereocenters. The Balaban J connectivity index is 2.12. The van der Waals surface area contributed by atoms with Crippen molar-refractivity contribution >= 4 is 5.69 Å². The number of rotatable bonds is 7. The second-order valence-corrected chi connectivity index (χ2v) is 6.93. The van der Waals surface area contributed by atoms with Gasteiger partial charge in [-0.2, -0.15) is 0 Å². The van der Waals surface area contributed by atoms with Crippen LogP contribution in [0, 0.1) is 0 Å². The van der Waals surface area contributed by atoms with Gasteiger partial charge >= 0.3 is 0 Å². The van der Waals surface area contributed by atoms with Gasteiger partial charge in [-0.15, -0.1) is 0 Å². The first kappa shape index (κ1) is 18.1. The van der Waals surface area contributed by atoms with E-state index < -0.39 is 0 Å². The first-order valence-electron chi connectivity index (χ1n) is 9.06. The molecule has 1 heterocycles. The molecule has 0 bridgehead atoms. The van der Waals surface area contributed by atoms with Gasteiger partial charge in [0, 0.05) is 6.54 Å². The van der Waals surface area contributed by atoms with E-state index >= 15 is 0 Å². The number of benzene rings is 1. The van der Waals surface area contributed by atoms with Crippen LogP contribution in [0.5, 0.6) is 5.75 Å². The van der Waals surface area contributed by atoms with Crippen LogP contribution in [-0.4, -0.2) is 30.6 Å². The first-order valence-corrected chi connectivity index (χ1v) is 9.06. The lowest BCUT2D eigenvalue weighted by Crippen LogP contribution is -2.34. The minimum atomic E-state index is 0.129. The van der Waals surface area contributed by atoms with Crippen molar-refractivity contribution < 1.29 is 4.74 Å². The van der Waals surface area contributed by atoms with E-state index in [1.165, 1.54) is 56.4 Å². The summed E-state index contributed by atoms with van der Waals surface area (Å²) >= 11 is 0. The molecule has 1 fully saturated rings. The van der Waals surface area contributed by atoms with Crippen LogP contribution < -0.4 is 16.2 Å². The molecule has 0 saturated carbocycles. The summed E-state index contributed by atoms with van der Waals surface area (Å²) in [6.45, 7) is 10.4. The number of nitrogens with two attached hydrogens (primary N) is 2. The molecule has 0 amide bonds. The van der Waals surface area contributed by atoms with Crippen molar-refractivity contribution in [2.24, 2.45) is 5.73 Å². The Morgan fingerprint density at radius 3 is 2.52 bits per heavy atom. The summed E-state index contributed by atoms with van der Waals surface area (Å²) in [7, 11) is 0. The summed E-state index contributed by atoms with van der Waals surface area (Å²) in [5.74, 6) is 1.38. The molecule has 1 aliphatic heterocycles. The molecule has 1 aliphatic rings. The quantitative estimate of drug-likeness (QED) is 0.755. The number of ether oxygens (including phenoxy) is 1. The summed E-state index contributed by atoms with van der Waals surface area (Å²) in [4.78, 5) is 2.59. The zero-order valence-corrected chi connectivity index (χ0v) is 15.0. The number of anilines is 1. The summed E-state index contributed by atoms with van der Waals surface area (Å²) in [6, 6.07) is 4.15. The molecule has 1 aromatic rings. The molecule has 0 radical (unpaired) electrons. The van der Waals surface area contributed by atoms with E-state index in [0.29, 0.717) is 18.2 Å². The van der Waals surface area contributed by atoms with E-state index in [1.54, 1.807) is 0 Å². The predicted molar refractivity (Wildman–Crippen MR) is 97.8 cm³/mol. The maximum atomic E-state index is 6.13. The van der Waals surface area contributed by atoms with E-state index in [4.69, 9.17) is 16.2 Å². The highest BCUT2D eigenvalue weighted by Gasteiger charge is 2.23. The molecule has 1 aromatic carbocycles. The number of likely N-dealkylation sites (tertiary alicyclic amines) is 1. The monoisotopic (exact) mass is 319 g/mol. The predicted octanol–water partition coefficient (Wildman–Crippen LogP) is 3.49. The molecule has 0 aromatic heterocycles. The molecule has 2 rings (SSSR count). The number of hydrogen-bond donors (Lipinski definition) is 2. The topological polar surface area (TPSA) is 64.5 Å². The van der Waals surface area contributed by atoms with Crippen LogP contribution in [0.1, 0.15) is 63.5 Å². The molecule has 1 saturated heterocycles. The smallest absolute Gasteiger partial charge is 0.142 e. The largest absolute Gasteiger partial charge is 0.489 e. The van der Waals surface area contributed by atoms with Crippen molar-refractivity contribution in [3.63, 3.8) is 0 Å². The van der Waals surface area contributed by atoms with Gasteiger partial charge in [-0.1, -0.05) is 13.3 Å². The van der Waals surface area contributed by atoms with Gasteiger partial charge in [0.25, 0.3) is 0 Å². The van der Waals surface area contributed by atoms with Crippen molar-refractivity contribution in [1.29, 1.82) is 0 Å². The fourth-order valence-electron chi connectivity index (χ4n) is 3.42. The molecule has 0 aliphatic carbocycles. The van der Waals surface area contributed by atoms with E-state index in [1.807, 2.05) is 19.9 Å². The molecule has 4 N–H and O–H groups in total. The van der Waals surface area contributed by atoms with Crippen molar-refractivity contribution in [1.82, 2.24) is 4.90 Å². The highest BCUT2D eigenvalue weighted by Crippen LogP contribution is 2.36. The van der Waals surface area contributed by atoms with E-state index in [2.05, 4.69) is 17.9 Å². The van der Waals surface area contributed by atoms with Crippen molar-refractivity contribution in [3.8, 4) is 5.75 Å². The third kappa shape index (κ3) is 4.85. The number of hydrogen-bond acceptors (Lipinski definition) is 4. The van der Waals surface area contributed by atoms with Crippen LogP contribution in [-0.2, 0) is 6.54 Å². The normalized spacial score (nSPS) is 16.9. The summed E-state index contributed by atoms with van der Waals surface area (Å²) in [6.07, 6.45) is 5.09. The maximum Gasteiger partial charge on any atom is 0.142 e. The standard InChI is InChI=1S/C19H33N3O/c1-4-5-8-22-9-6-15(7-10-22)17-12-19(23-14(2)3)18(21)11-16(17)13-20/h11-12,14-15H,4-10,13,20-21H2,1-3H3. The summed E-state index contributed by atoms with van der Waals surface area (Å²) in [5.41, 5.74) is 15.3. The first-order chi connectivity index (χ1) is 11.0. The minimum absolute atomic E-state index is 0.129. The van der Waals surface area contributed by atoms with Crippen molar-refractivity contribution in [2.45, 2.75) is 65.0 Å². The average Bonchev–Trinajstić information content (AvgIpc) is 2.54. The van der Waals surface area contributed by atoms with Crippen LogP contribution in [0.2, 0.25) is 0 Å². The van der Waals surface area contributed by atoms with Gasteiger partial charge in [-0.3, -0.25) is 0 Å². The van der Waals surface area contributed by atoms with E-state index in [0.717, 1.165) is 5.75 Å². The van der Waals surface area contributed by atoms with Crippen LogP contribution in [0.15, 0.2) is 12.1 Å². The molecule has 0 spiro atoms. The Bertz CT molecular complexity index is 494. The lowest BCUT2D eigenvalue weighted by Gasteiger charge is -2.33. The Hall–Kier alpha value is -1.26. The van der Waals surface area contributed by atoms with Crippen LogP contribution in [0.3, 0.4) is 0 Å². The SMILES string of the molecule is CCCCN1CCC(c2cc(OC(C)C)c(N)cc2CN)CC1. The Labute approximate surface area is 141 Å². The molecule has 130 valence electrons. The molecule has 4 heteroatoms. The summed E-state index contributed by atoms with van der Waals surface area (Å²) in [5, 5.41) is 0. The molecular formula is C19H33N3O. The molecular weight excluding hydrogens is 286 g/mol. The second kappa shape index (κ2) is 8.55. The molecule has 4 nitrogen and oxygen atoms in total. The van der Waals surface area contributed by atoms with Gasteiger partial charge in [-0.25, -0.2) is 0 Å². The van der Waals surface area contributed by atoms with Gasteiger partial charge in [0.1, 0.15) is 5.75 Å². The number of nitrogens with zero attached hydrogens (tertiary/aromatic N) is 1. The van der Waals surface area contributed by atoms with Crippen LogP contribution in [0.25, 0.3) is 0 Å². The lowest BCUT2D eigenvalue weighted by molar-refractivity contribution is 0.208. The fraction of sp³-hybridized carbons (Fsp3) is 0.684.